The summed E-state index contributed by atoms with van der Waals surface area (Å²) in [5.41, 5.74) is 0. The van der Waals surface area contributed by atoms with Crippen LogP contribution in [0.1, 0.15) is 46.5 Å². The molecule has 2 aliphatic rings. The molecule has 1 saturated carbocycles. The second-order valence-electron chi connectivity index (χ2n) is 8.25. The standard InChI is InChI=1S/C13H21NO4S.C8H13NO3S2/c1-9(8-19-10(2)15)13(18)14(7-12(16)17)11-5-3-4-6-11;1-5(2-13)7(10)9-4-14-3-6(9)8(11)12/h9,11H,3-8H2,1-2H3,(H,16,17);5-6,13H,2-4H2,1H3,(H,11,12). The fourth-order valence-corrected chi connectivity index (χ4v) is 5.51. The number of nitrogens with zero attached hydrogens (tertiary/aromatic N) is 2. The minimum absolute atomic E-state index is 0.0229. The van der Waals surface area contributed by atoms with Crippen LogP contribution in [-0.2, 0) is 24.0 Å². The van der Waals surface area contributed by atoms with Crippen LogP contribution in [0, 0.1) is 11.8 Å². The SMILES string of the molecule is CC(=O)SCC(C)C(=O)N(CC(=O)O)C1CCCC1.CC(CS)C(=O)N1CSCC1C(=O)O. The first-order valence-electron chi connectivity index (χ1n) is 10.9. The summed E-state index contributed by atoms with van der Waals surface area (Å²) < 4.78 is 0. The highest BCUT2D eigenvalue weighted by atomic mass is 32.2. The number of carbonyl (C=O) groups is 5. The van der Waals surface area contributed by atoms with E-state index in [9.17, 15) is 24.0 Å². The number of carboxylic acids is 2. The molecular formula is C21H34N2O7S3. The van der Waals surface area contributed by atoms with E-state index in [4.69, 9.17) is 10.2 Å². The van der Waals surface area contributed by atoms with Crippen LogP contribution in [0.5, 0.6) is 0 Å². The third-order valence-electron chi connectivity index (χ3n) is 5.46. The van der Waals surface area contributed by atoms with Gasteiger partial charge in [0.25, 0.3) is 0 Å². The second-order valence-corrected chi connectivity index (χ2v) is 10.8. The lowest BCUT2D eigenvalue weighted by Gasteiger charge is -2.29. The van der Waals surface area contributed by atoms with Gasteiger partial charge in [0.1, 0.15) is 12.6 Å². The van der Waals surface area contributed by atoms with E-state index in [-0.39, 0.29) is 41.4 Å². The zero-order chi connectivity index (χ0) is 25.1. The Labute approximate surface area is 208 Å². The van der Waals surface area contributed by atoms with Crippen molar-refractivity contribution in [1.29, 1.82) is 0 Å². The number of thiol groups is 1. The van der Waals surface area contributed by atoms with Gasteiger partial charge in [0.15, 0.2) is 5.12 Å². The topological polar surface area (TPSA) is 132 Å². The highest BCUT2D eigenvalue weighted by Gasteiger charge is 2.36. The number of aliphatic carboxylic acids is 2. The van der Waals surface area contributed by atoms with Gasteiger partial charge in [-0.1, -0.05) is 38.5 Å². The summed E-state index contributed by atoms with van der Waals surface area (Å²) in [6.07, 6.45) is 3.85. The summed E-state index contributed by atoms with van der Waals surface area (Å²) in [6.45, 7) is 4.74. The fraction of sp³-hybridized carbons (Fsp3) is 0.762. The first-order valence-corrected chi connectivity index (χ1v) is 13.6. The number of thioether (sulfide) groups is 2. The van der Waals surface area contributed by atoms with Gasteiger partial charge in [-0.3, -0.25) is 19.2 Å². The highest BCUT2D eigenvalue weighted by molar-refractivity contribution is 8.13. The fourth-order valence-electron chi connectivity index (χ4n) is 3.57. The molecule has 2 fully saturated rings. The molecular weight excluding hydrogens is 488 g/mol. The maximum atomic E-state index is 12.3. The van der Waals surface area contributed by atoms with Crippen LogP contribution in [0.25, 0.3) is 0 Å². The maximum Gasteiger partial charge on any atom is 0.327 e. The molecule has 9 nitrogen and oxygen atoms in total. The monoisotopic (exact) mass is 522 g/mol. The second kappa shape index (κ2) is 14.8. The molecule has 188 valence electrons. The van der Waals surface area contributed by atoms with Crippen molar-refractivity contribution in [2.45, 2.75) is 58.5 Å². The Morgan fingerprint density at radius 3 is 2.21 bits per heavy atom. The van der Waals surface area contributed by atoms with E-state index in [1.54, 1.807) is 13.8 Å². The molecule has 0 aromatic carbocycles. The summed E-state index contributed by atoms with van der Waals surface area (Å²) in [5, 5.41) is 17.8. The van der Waals surface area contributed by atoms with Gasteiger partial charge in [-0.2, -0.15) is 12.6 Å². The summed E-state index contributed by atoms with van der Waals surface area (Å²) in [5.74, 6) is -0.868. The van der Waals surface area contributed by atoms with E-state index in [0.29, 0.717) is 23.1 Å². The van der Waals surface area contributed by atoms with Crippen LogP contribution < -0.4 is 0 Å². The first-order chi connectivity index (χ1) is 15.5. The number of carboxylic acid groups (broad SMARTS) is 2. The number of rotatable bonds is 9. The van der Waals surface area contributed by atoms with Crippen LogP contribution in [-0.4, -0.2) is 90.6 Å². The number of amides is 2. The largest absolute Gasteiger partial charge is 0.480 e. The van der Waals surface area contributed by atoms with E-state index < -0.39 is 18.0 Å². The van der Waals surface area contributed by atoms with Crippen LogP contribution >= 0.6 is 36.2 Å². The molecule has 0 radical (unpaired) electrons. The van der Waals surface area contributed by atoms with Gasteiger partial charge in [0.2, 0.25) is 11.8 Å². The molecule has 0 bridgehead atoms. The Hall–Kier alpha value is -1.40. The lowest BCUT2D eigenvalue weighted by atomic mass is 10.1. The molecule has 2 N–H and O–H groups in total. The molecule has 33 heavy (non-hydrogen) atoms. The normalized spacial score (nSPS) is 19.9. The molecule has 0 aromatic heterocycles. The minimum Gasteiger partial charge on any atom is -0.480 e. The van der Waals surface area contributed by atoms with E-state index in [1.807, 2.05) is 0 Å². The maximum absolute atomic E-state index is 12.3. The molecule has 2 amide bonds. The van der Waals surface area contributed by atoms with Gasteiger partial charge in [-0.05, 0) is 12.8 Å². The van der Waals surface area contributed by atoms with Gasteiger partial charge in [0, 0.05) is 42.1 Å². The van der Waals surface area contributed by atoms with Crippen LogP contribution in [0.3, 0.4) is 0 Å². The average molecular weight is 523 g/mol. The van der Waals surface area contributed by atoms with Crippen molar-refractivity contribution >= 4 is 65.0 Å². The van der Waals surface area contributed by atoms with Gasteiger partial charge in [-0.25, -0.2) is 4.79 Å². The minimum atomic E-state index is -0.980. The first kappa shape index (κ1) is 29.6. The van der Waals surface area contributed by atoms with E-state index in [0.717, 1.165) is 37.4 Å². The van der Waals surface area contributed by atoms with Crippen molar-refractivity contribution in [3.63, 3.8) is 0 Å². The molecule has 3 unspecified atom stereocenters. The summed E-state index contributed by atoms with van der Waals surface area (Å²) in [7, 11) is 0. The molecule has 3 atom stereocenters. The Bertz CT molecular complexity index is 716. The highest BCUT2D eigenvalue weighted by Crippen LogP contribution is 2.25. The zero-order valence-corrected chi connectivity index (χ0v) is 21.8. The quantitative estimate of drug-likeness (QED) is 0.390. The van der Waals surface area contributed by atoms with E-state index in [1.165, 1.54) is 28.5 Å². The van der Waals surface area contributed by atoms with Gasteiger partial charge in [-0.15, -0.1) is 11.8 Å². The van der Waals surface area contributed by atoms with Gasteiger partial charge in [0.05, 0.1) is 5.88 Å². The summed E-state index contributed by atoms with van der Waals surface area (Å²) in [4.78, 5) is 59.5. The predicted octanol–water partition coefficient (Wildman–Crippen LogP) is 2.30. The Kier molecular flexibility index (Phi) is 13.3. The van der Waals surface area contributed by atoms with Crippen molar-refractivity contribution < 1.29 is 34.2 Å². The molecule has 1 aliphatic heterocycles. The molecule has 1 saturated heterocycles. The van der Waals surface area contributed by atoms with E-state index in [2.05, 4.69) is 12.6 Å². The van der Waals surface area contributed by atoms with Crippen LogP contribution in [0.4, 0.5) is 0 Å². The van der Waals surface area contributed by atoms with Crippen LogP contribution in [0.2, 0.25) is 0 Å². The Balaban J connectivity index is 0.000000346. The van der Waals surface area contributed by atoms with Crippen molar-refractivity contribution in [2.75, 3.05) is 29.7 Å². The van der Waals surface area contributed by atoms with Crippen molar-refractivity contribution in [1.82, 2.24) is 9.80 Å². The van der Waals surface area contributed by atoms with Crippen LogP contribution in [0.15, 0.2) is 0 Å². The number of hydrogen-bond donors (Lipinski definition) is 3. The zero-order valence-electron chi connectivity index (χ0n) is 19.3. The molecule has 0 spiro atoms. The smallest absolute Gasteiger partial charge is 0.327 e. The molecule has 0 aromatic rings. The lowest BCUT2D eigenvalue weighted by molar-refractivity contribution is -0.148. The third-order valence-corrected chi connectivity index (χ3v) is 8.09. The van der Waals surface area contributed by atoms with Crippen molar-refractivity contribution in [3.8, 4) is 0 Å². The lowest BCUT2D eigenvalue weighted by Crippen LogP contribution is -2.45. The predicted molar refractivity (Wildman–Crippen MR) is 133 cm³/mol. The number of carbonyl (C=O) groups excluding carboxylic acids is 3. The average Bonchev–Trinajstić information content (AvgIpc) is 3.46. The Morgan fingerprint density at radius 2 is 1.73 bits per heavy atom. The third kappa shape index (κ3) is 9.78. The van der Waals surface area contributed by atoms with Gasteiger partial charge < -0.3 is 20.0 Å². The van der Waals surface area contributed by atoms with E-state index >= 15 is 0 Å². The molecule has 12 heteroatoms. The van der Waals surface area contributed by atoms with Crippen molar-refractivity contribution in [3.05, 3.63) is 0 Å². The number of hydrogen-bond acceptors (Lipinski definition) is 8. The molecule has 1 aliphatic carbocycles. The van der Waals surface area contributed by atoms with Gasteiger partial charge >= 0.3 is 11.9 Å². The summed E-state index contributed by atoms with van der Waals surface area (Å²) >= 11 is 6.61. The van der Waals surface area contributed by atoms with Crippen molar-refractivity contribution in [2.24, 2.45) is 11.8 Å². The summed E-state index contributed by atoms with van der Waals surface area (Å²) in [6, 6.07) is -0.608. The Morgan fingerprint density at radius 1 is 1.12 bits per heavy atom. The molecule has 1 heterocycles. The molecule has 2 rings (SSSR count).